The first-order valence-electron chi connectivity index (χ1n) is 14.2. The van der Waals surface area contributed by atoms with E-state index in [9.17, 15) is 18.0 Å². The number of aromatic nitrogens is 3. The lowest BCUT2D eigenvalue weighted by molar-refractivity contribution is -0.126. The van der Waals surface area contributed by atoms with Crippen molar-refractivity contribution in [2.24, 2.45) is 0 Å². The number of amides is 1. The van der Waals surface area contributed by atoms with Gasteiger partial charge in [-0.3, -0.25) is 4.79 Å². The number of piperazine rings is 1. The molecule has 45 heavy (non-hydrogen) atoms. The van der Waals surface area contributed by atoms with Crippen LogP contribution in [0.4, 0.5) is 20.3 Å². The van der Waals surface area contributed by atoms with E-state index in [0.717, 1.165) is 16.7 Å². The fourth-order valence-corrected chi connectivity index (χ4v) is 7.51. The van der Waals surface area contributed by atoms with Crippen molar-refractivity contribution < 1.29 is 26.7 Å². The van der Waals surface area contributed by atoms with Crippen LogP contribution in [0.15, 0.2) is 64.8 Å². The van der Waals surface area contributed by atoms with Crippen LogP contribution < -0.4 is 16.3 Å². The van der Waals surface area contributed by atoms with Crippen molar-refractivity contribution in [1.82, 2.24) is 19.4 Å². The molecule has 2 saturated heterocycles. The van der Waals surface area contributed by atoms with E-state index in [1.54, 1.807) is 28.9 Å². The van der Waals surface area contributed by atoms with Gasteiger partial charge in [0.25, 0.3) is 0 Å². The maximum absolute atomic E-state index is 16.0. The number of ether oxygens (including phenoxy) is 1. The molecule has 2 aromatic heterocycles. The summed E-state index contributed by atoms with van der Waals surface area (Å²) in [6.07, 6.45) is 1.22. The Bertz CT molecular complexity index is 2030. The van der Waals surface area contributed by atoms with E-state index < -0.39 is 38.1 Å². The molecule has 2 N–H and O–H groups in total. The van der Waals surface area contributed by atoms with Crippen molar-refractivity contribution in [3.8, 4) is 16.9 Å². The zero-order chi connectivity index (χ0) is 32.2. The SMILES string of the molecule is C=CC(=O)N1CCN(c2nc(=O)n(-c3c(C)cccc3S(=O)(=O)C3COC3)c3nc(-c4c(N)cccc4F)c(F)cc23)[C@@H](C)C1. The Balaban J connectivity index is 1.66. The second-order valence-corrected chi connectivity index (χ2v) is 13.3. The molecule has 0 spiro atoms. The van der Waals surface area contributed by atoms with Gasteiger partial charge in [0.2, 0.25) is 5.91 Å². The average Bonchev–Trinajstić information content (AvgIpc) is 2.96. The van der Waals surface area contributed by atoms with Crippen molar-refractivity contribution >= 4 is 38.3 Å². The van der Waals surface area contributed by atoms with Gasteiger partial charge >= 0.3 is 5.69 Å². The Labute approximate surface area is 257 Å². The quantitative estimate of drug-likeness (QED) is 0.250. The number of anilines is 2. The summed E-state index contributed by atoms with van der Waals surface area (Å²) in [7, 11) is -3.98. The van der Waals surface area contributed by atoms with Crippen molar-refractivity contribution in [2.75, 3.05) is 43.5 Å². The van der Waals surface area contributed by atoms with E-state index in [1.165, 1.54) is 24.3 Å². The number of nitrogen functional groups attached to an aromatic ring is 1. The number of carbonyl (C=O) groups is 1. The normalized spacial score (nSPS) is 17.4. The number of nitrogens with two attached hydrogens (primary N) is 1. The number of rotatable bonds is 6. The molecule has 2 fully saturated rings. The Morgan fingerprint density at radius 1 is 1.11 bits per heavy atom. The number of pyridine rings is 1. The largest absolute Gasteiger partial charge is 0.398 e. The van der Waals surface area contributed by atoms with Crippen LogP contribution in [0.25, 0.3) is 28.0 Å². The molecule has 6 rings (SSSR count). The number of para-hydroxylation sites is 1. The van der Waals surface area contributed by atoms with E-state index in [4.69, 9.17) is 10.5 Å². The van der Waals surface area contributed by atoms with E-state index in [1.807, 2.05) is 6.92 Å². The van der Waals surface area contributed by atoms with Crippen LogP contribution in [0.1, 0.15) is 12.5 Å². The van der Waals surface area contributed by atoms with Crippen molar-refractivity contribution in [1.29, 1.82) is 0 Å². The molecule has 1 atom stereocenters. The highest BCUT2D eigenvalue weighted by molar-refractivity contribution is 7.92. The molecular formula is C31H30F2N6O5S. The third-order valence-corrected chi connectivity index (χ3v) is 10.3. The van der Waals surface area contributed by atoms with Gasteiger partial charge < -0.3 is 20.3 Å². The van der Waals surface area contributed by atoms with Crippen LogP contribution in [-0.2, 0) is 19.4 Å². The number of hydrogen-bond donors (Lipinski definition) is 1. The molecule has 0 radical (unpaired) electrons. The second kappa shape index (κ2) is 11.3. The highest BCUT2D eigenvalue weighted by Gasteiger charge is 2.37. The number of halogens is 2. The van der Waals surface area contributed by atoms with Crippen LogP contribution in [-0.4, -0.2) is 77.9 Å². The highest BCUT2D eigenvalue weighted by atomic mass is 32.2. The summed E-state index contributed by atoms with van der Waals surface area (Å²) in [6.45, 7) is 7.81. The lowest BCUT2D eigenvalue weighted by Gasteiger charge is -2.40. The minimum Gasteiger partial charge on any atom is -0.398 e. The number of nitrogens with zero attached hydrogens (tertiary/aromatic N) is 5. The Morgan fingerprint density at radius 3 is 2.49 bits per heavy atom. The molecule has 4 heterocycles. The van der Waals surface area contributed by atoms with E-state index in [-0.39, 0.29) is 83.5 Å². The number of fused-ring (bicyclic) bond motifs is 1. The summed E-state index contributed by atoms with van der Waals surface area (Å²) in [5.41, 5.74) is 4.61. The summed E-state index contributed by atoms with van der Waals surface area (Å²) >= 11 is 0. The van der Waals surface area contributed by atoms with Gasteiger partial charge in [-0.2, -0.15) is 4.98 Å². The summed E-state index contributed by atoms with van der Waals surface area (Å²) in [6, 6.07) is 9.21. The maximum Gasteiger partial charge on any atom is 0.355 e. The molecule has 0 bridgehead atoms. The zero-order valence-electron chi connectivity index (χ0n) is 24.5. The standard InChI is InChI=1S/C31H30F2N6O5S/c1-4-25(40)37-11-12-38(18(3)14-37)29-20-13-22(33)27(26-21(32)8-6-9-23(26)34)35-30(20)39(31(41)36-29)28-17(2)7-5-10-24(28)45(42,43)19-15-44-16-19/h4-10,13,18-19H,1,11-12,14-16,34H2,2-3H3/t18-/m0/s1. The first kappa shape index (κ1) is 30.3. The Hall–Kier alpha value is -4.69. The van der Waals surface area contributed by atoms with Gasteiger partial charge in [0.05, 0.1) is 34.7 Å². The topological polar surface area (TPSA) is 141 Å². The molecule has 14 heteroatoms. The predicted molar refractivity (Wildman–Crippen MR) is 165 cm³/mol. The van der Waals surface area contributed by atoms with Crippen molar-refractivity contribution in [3.05, 3.63) is 82.8 Å². The lowest BCUT2D eigenvalue weighted by Crippen LogP contribution is -2.54. The molecule has 2 aliphatic heterocycles. The Kier molecular flexibility index (Phi) is 7.65. The number of carbonyl (C=O) groups excluding carboxylic acids is 1. The molecule has 0 saturated carbocycles. The van der Waals surface area contributed by atoms with E-state index in [0.29, 0.717) is 5.56 Å². The van der Waals surface area contributed by atoms with Crippen LogP contribution in [0.5, 0.6) is 0 Å². The maximum atomic E-state index is 16.0. The van der Waals surface area contributed by atoms with Crippen LogP contribution in [0.3, 0.4) is 0 Å². The minimum absolute atomic E-state index is 0.000499. The molecule has 2 aliphatic rings. The molecule has 4 aromatic rings. The van der Waals surface area contributed by atoms with Crippen LogP contribution >= 0.6 is 0 Å². The van der Waals surface area contributed by atoms with E-state index >= 15 is 8.78 Å². The van der Waals surface area contributed by atoms with Gasteiger partial charge in [-0.15, -0.1) is 0 Å². The fourth-order valence-electron chi connectivity index (χ4n) is 5.81. The molecule has 234 valence electrons. The summed E-state index contributed by atoms with van der Waals surface area (Å²) < 4.78 is 64.6. The number of hydrogen-bond acceptors (Lipinski definition) is 9. The number of aryl methyl sites for hydroxylation is 1. The van der Waals surface area contributed by atoms with Gasteiger partial charge in [-0.05, 0) is 49.8 Å². The second-order valence-electron chi connectivity index (χ2n) is 11.1. The first-order valence-corrected chi connectivity index (χ1v) is 15.8. The van der Waals surface area contributed by atoms with Crippen molar-refractivity contribution in [3.63, 3.8) is 0 Å². The molecule has 0 unspecified atom stereocenters. The smallest absolute Gasteiger partial charge is 0.355 e. The van der Waals surface area contributed by atoms with Gasteiger partial charge in [0, 0.05) is 31.4 Å². The third-order valence-electron chi connectivity index (χ3n) is 8.25. The molecule has 0 aliphatic carbocycles. The first-order chi connectivity index (χ1) is 21.4. The summed E-state index contributed by atoms with van der Waals surface area (Å²) in [5.74, 6) is -1.91. The number of sulfone groups is 1. The van der Waals surface area contributed by atoms with E-state index in [2.05, 4.69) is 16.5 Å². The third kappa shape index (κ3) is 5.03. The molecule has 1 amide bonds. The highest BCUT2D eigenvalue weighted by Crippen LogP contribution is 2.36. The monoisotopic (exact) mass is 636 g/mol. The Morgan fingerprint density at radius 2 is 1.84 bits per heavy atom. The van der Waals surface area contributed by atoms with Gasteiger partial charge in [0.1, 0.15) is 22.6 Å². The predicted octanol–water partition coefficient (Wildman–Crippen LogP) is 3.01. The van der Waals surface area contributed by atoms with Gasteiger partial charge in [-0.1, -0.05) is 24.8 Å². The van der Waals surface area contributed by atoms with Gasteiger partial charge in [0.15, 0.2) is 21.3 Å². The lowest BCUT2D eigenvalue weighted by atomic mass is 10.1. The van der Waals surface area contributed by atoms with Crippen LogP contribution in [0.2, 0.25) is 0 Å². The zero-order valence-corrected chi connectivity index (χ0v) is 25.4. The summed E-state index contributed by atoms with van der Waals surface area (Å²) in [4.78, 5) is 38.4. The van der Waals surface area contributed by atoms with Crippen molar-refractivity contribution in [2.45, 2.75) is 30.0 Å². The molecular weight excluding hydrogens is 606 g/mol. The average molecular weight is 637 g/mol. The summed E-state index contributed by atoms with van der Waals surface area (Å²) in [5, 5.41) is -0.735. The van der Waals surface area contributed by atoms with Crippen LogP contribution in [0, 0.1) is 18.6 Å². The minimum atomic E-state index is -3.98. The molecule has 2 aromatic carbocycles. The molecule has 11 nitrogen and oxygen atoms in total. The number of benzene rings is 2. The van der Waals surface area contributed by atoms with Gasteiger partial charge in [-0.25, -0.2) is 31.5 Å². The fraction of sp³-hybridized carbons (Fsp3) is 0.290.